The highest BCUT2D eigenvalue weighted by Crippen LogP contribution is 2.11. The van der Waals surface area contributed by atoms with Crippen molar-refractivity contribution in [2.75, 3.05) is 13.2 Å². The van der Waals surface area contributed by atoms with Gasteiger partial charge in [-0.25, -0.2) is 4.79 Å². The summed E-state index contributed by atoms with van der Waals surface area (Å²) in [5.41, 5.74) is 5.86. The molecule has 0 bridgehead atoms. The Bertz CT molecular complexity index is 458. The maximum atomic E-state index is 12.1. The van der Waals surface area contributed by atoms with Crippen molar-refractivity contribution in [1.29, 1.82) is 0 Å². The van der Waals surface area contributed by atoms with E-state index in [-0.39, 0.29) is 6.10 Å². The number of hydrogen-bond donors (Lipinski definition) is 3. The molecule has 6 nitrogen and oxygen atoms in total. The van der Waals surface area contributed by atoms with Crippen molar-refractivity contribution >= 4 is 11.9 Å². The molecule has 0 saturated carbocycles. The monoisotopic (exact) mass is 278 g/mol. The second-order valence-corrected chi connectivity index (χ2v) is 4.85. The average molecular weight is 278 g/mol. The van der Waals surface area contributed by atoms with Crippen LogP contribution in [0.4, 0.5) is 4.79 Å². The Morgan fingerprint density at radius 2 is 2.15 bits per heavy atom. The molecular formula is C14H20N3O3+. The molecule has 2 atom stereocenters. The van der Waals surface area contributed by atoms with Gasteiger partial charge in [-0.15, -0.1) is 0 Å². The van der Waals surface area contributed by atoms with E-state index in [1.54, 1.807) is 0 Å². The highest BCUT2D eigenvalue weighted by molar-refractivity contribution is 5.96. The molecule has 1 saturated heterocycles. The van der Waals surface area contributed by atoms with Crippen LogP contribution >= 0.6 is 0 Å². The summed E-state index contributed by atoms with van der Waals surface area (Å²) in [6.07, 6.45) is 2.24. The Morgan fingerprint density at radius 1 is 1.40 bits per heavy atom. The molecule has 1 aromatic carbocycles. The minimum absolute atomic E-state index is 0.169. The van der Waals surface area contributed by atoms with E-state index < -0.39 is 18.0 Å². The van der Waals surface area contributed by atoms with Gasteiger partial charge in [0.05, 0.1) is 0 Å². The molecule has 1 fully saturated rings. The number of benzene rings is 1. The normalized spacial score (nSPS) is 19.5. The highest BCUT2D eigenvalue weighted by atomic mass is 16.5. The third-order valence-electron chi connectivity index (χ3n) is 3.35. The number of nitrogens with one attached hydrogen (secondary N) is 1. The molecule has 0 unspecified atom stereocenters. The van der Waals surface area contributed by atoms with E-state index >= 15 is 0 Å². The molecular weight excluding hydrogens is 258 g/mol. The summed E-state index contributed by atoms with van der Waals surface area (Å²) in [6.45, 7) is 1.47. The van der Waals surface area contributed by atoms with Gasteiger partial charge in [0.2, 0.25) is 0 Å². The Hall–Kier alpha value is -1.92. The molecule has 0 aliphatic carbocycles. The molecule has 108 valence electrons. The summed E-state index contributed by atoms with van der Waals surface area (Å²) in [4.78, 5) is 22.9. The van der Waals surface area contributed by atoms with Gasteiger partial charge in [-0.3, -0.25) is 10.1 Å². The summed E-state index contributed by atoms with van der Waals surface area (Å²) < 4.78 is 5.55. The van der Waals surface area contributed by atoms with Gasteiger partial charge >= 0.3 is 6.03 Å². The second kappa shape index (κ2) is 7.02. The van der Waals surface area contributed by atoms with Gasteiger partial charge in [0, 0.05) is 12.2 Å². The molecule has 0 aromatic heterocycles. The van der Waals surface area contributed by atoms with Crippen LogP contribution in [0.5, 0.6) is 0 Å². The second-order valence-electron chi connectivity index (χ2n) is 4.85. The zero-order chi connectivity index (χ0) is 14.4. The van der Waals surface area contributed by atoms with Gasteiger partial charge in [0.25, 0.3) is 5.91 Å². The number of urea groups is 1. The zero-order valence-electron chi connectivity index (χ0n) is 11.2. The Labute approximate surface area is 117 Å². The summed E-state index contributed by atoms with van der Waals surface area (Å²) in [7, 11) is 0. The van der Waals surface area contributed by atoms with Gasteiger partial charge in [-0.2, -0.15) is 0 Å². The third-order valence-corrected chi connectivity index (χ3v) is 3.35. The van der Waals surface area contributed by atoms with E-state index in [2.05, 4.69) is 5.32 Å². The lowest BCUT2D eigenvalue weighted by molar-refractivity contribution is -0.688. The molecule has 20 heavy (non-hydrogen) atoms. The molecule has 3 amide bonds. The molecule has 1 aliphatic heterocycles. The lowest BCUT2D eigenvalue weighted by atomic mass is 10.1. The number of carbonyl (C=O) groups is 2. The first-order chi connectivity index (χ1) is 9.66. The first-order valence-electron chi connectivity index (χ1n) is 6.77. The molecule has 6 heteroatoms. The number of amides is 3. The van der Waals surface area contributed by atoms with Gasteiger partial charge in [0.1, 0.15) is 12.6 Å². The fraction of sp³-hybridized carbons (Fsp3) is 0.429. The van der Waals surface area contributed by atoms with Crippen LogP contribution < -0.4 is 16.4 Å². The highest BCUT2D eigenvalue weighted by Gasteiger charge is 2.27. The molecule has 0 spiro atoms. The zero-order valence-corrected chi connectivity index (χ0v) is 11.2. The average Bonchev–Trinajstić information content (AvgIpc) is 2.92. The van der Waals surface area contributed by atoms with E-state index in [9.17, 15) is 9.59 Å². The van der Waals surface area contributed by atoms with Crippen molar-refractivity contribution < 1.29 is 19.6 Å². The minimum atomic E-state index is -0.832. The number of imide groups is 1. The fourth-order valence-electron chi connectivity index (χ4n) is 2.37. The van der Waals surface area contributed by atoms with Gasteiger partial charge in [-0.1, -0.05) is 30.3 Å². The molecule has 1 aliphatic rings. The summed E-state index contributed by atoms with van der Waals surface area (Å²) in [5, 5.41) is 4.04. The molecule has 5 N–H and O–H groups in total. The van der Waals surface area contributed by atoms with E-state index in [1.807, 2.05) is 35.6 Å². The van der Waals surface area contributed by atoms with Crippen LogP contribution in [0.3, 0.4) is 0 Å². The standard InChI is InChI=1S/C14H19N3O3/c15-14(19)17-13(18)12(10-5-2-1-3-6-10)16-9-11-7-4-8-20-11/h1-3,5-6,11-12,16H,4,7-9H2,(H3,15,17,18,19)/p+1/t11-,12+/m1/s1. The summed E-state index contributed by atoms with van der Waals surface area (Å²) in [6, 6.07) is 8.00. The third kappa shape index (κ3) is 4.04. The van der Waals surface area contributed by atoms with Crippen LogP contribution in [-0.2, 0) is 9.53 Å². The molecule has 2 rings (SSSR count). The number of carbonyl (C=O) groups excluding carboxylic acids is 2. The number of rotatable bonds is 5. The van der Waals surface area contributed by atoms with Crippen LogP contribution in [0.25, 0.3) is 0 Å². The fourth-order valence-corrected chi connectivity index (χ4v) is 2.37. The van der Waals surface area contributed by atoms with Gasteiger partial charge < -0.3 is 15.8 Å². The number of quaternary nitrogens is 1. The van der Waals surface area contributed by atoms with E-state index in [0.717, 1.165) is 25.0 Å². The van der Waals surface area contributed by atoms with Gasteiger partial charge in [-0.05, 0) is 12.8 Å². The van der Waals surface area contributed by atoms with Crippen molar-refractivity contribution in [3.05, 3.63) is 35.9 Å². The Kier molecular flexibility index (Phi) is 5.09. The number of ether oxygens (including phenoxy) is 1. The van der Waals surface area contributed by atoms with Crippen molar-refractivity contribution in [3.8, 4) is 0 Å². The predicted molar refractivity (Wildman–Crippen MR) is 72.7 cm³/mol. The topological polar surface area (TPSA) is 98.0 Å². The number of nitrogens with two attached hydrogens (primary N) is 2. The van der Waals surface area contributed by atoms with E-state index in [4.69, 9.17) is 10.5 Å². The van der Waals surface area contributed by atoms with Crippen LogP contribution in [0, 0.1) is 0 Å². The SMILES string of the molecule is NC(=O)NC(=O)[C@@H]([NH2+]C[C@H]1CCCO1)c1ccccc1. The molecule has 0 radical (unpaired) electrons. The van der Waals surface area contributed by atoms with Crippen LogP contribution in [-0.4, -0.2) is 31.2 Å². The maximum absolute atomic E-state index is 12.1. The van der Waals surface area contributed by atoms with E-state index in [0.29, 0.717) is 6.54 Å². The van der Waals surface area contributed by atoms with Crippen LogP contribution in [0.2, 0.25) is 0 Å². The Morgan fingerprint density at radius 3 is 2.75 bits per heavy atom. The largest absolute Gasteiger partial charge is 0.372 e. The Balaban J connectivity index is 2.03. The van der Waals surface area contributed by atoms with Crippen LogP contribution in [0.15, 0.2) is 30.3 Å². The smallest absolute Gasteiger partial charge is 0.319 e. The first-order valence-corrected chi connectivity index (χ1v) is 6.77. The molecule has 1 heterocycles. The first kappa shape index (κ1) is 14.5. The van der Waals surface area contributed by atoms with Crippen molar-refractivity contribution in [2.24, 2.45) is 5.73 Å². The van der Waals surface area contributed by atoms with Crippen molar-refractivity contribution in [3.63, 3.8) is 0 Å². The molecule has 1 aromatic rings. The maximum Gasteiger partial charge on any atom is 0.319 e. The lowest BCUT2D eigenvalue weighted by Crippen LogP contribution is -2.89. The van der Waals surface area contributed by atoms with Crippen LogP contribution in [0.1, 0.15) is 24.4 Å². The van der Waals surface area contributed by atoms with E-state index in [1.165, 1.54) is 0 Å². The predicted octanol–water partition coefficient (Wildman–Crippen LogP) is -0.335. The van der Waals surface area contributed by atoms with Gasteiger partial charge in [0.15, 0.2) is 6.04 Å². The number of primary amides is 1. The minimum Gasteiger partial charge on any atom is -0.372 e. The lowest BCUT2D eigenvalue weighted by Gasteiger charge is -2.16. The quantitative estimate of drug-likeness (QED) is 0.687. The van der Waals surface area contributed by atoms with Crippen molar-refractivity contribution in [1.82, 2.24) is 5.32 Å². The van der Waals surface area contributed by atoms with Crippen molar-refractivity contribution in [2.45, 2.75) is 25.0 Å². The summed E-state index contributed by atoms with van der Waals surface area (Å²) in [5.74, 6) is -0.401. The number of hydrogen-bond acceptors (Lipinski definition) is 3. The summed E-state index contributed by atoms with van der Waals surface area (Å²) >= 11 is 0.